The van der Waals surface area contributed by atoms with Crippen molar-refractivity contribution < 1.29 is 14.3 Å². The number of anilines is 1. The van der Waals surface area contributed by atoms with Gasteiger partial charge in [-0.25, -0.2) is 14.4 Å². The van der Waals surface area contributed by atoms with Gasteiger partial charge in [-0.05, 0) is 49.4 Å². The van der Waals surface area contributed by atoms with Crippen molar-refractivity contribution in [1.29, 1.82) is 0 Å². The van der Waals surface area contributed by atoms with Gasteiger partial charge in [0.15, 0.2) is 0 Å². The van der Waals surface area contributed by atoms with Crippen LogP contribution in [0.1, 0.15) is 55.5 Å². The standard InChI is InChI=1S/C28H28FN5O2/c1-28(36,18-5-3-2-4-6-18)19-8-11-21(22(29)15-19)24-25-26(30)31-13-14-33(25)27(32-24)17-7-9-20-10-12-23(35)34(20)16-17/h2-6,8,11,13-15,17,20,36H,7,9-10,12,16H2,1H3,(H2,30,31)/t17-,20+,28?/m1/s1. The number of carbonyl (C=O) groups is 1. The van der Waals surface area contributed by atoms with E-state index in [1.807, 2.05) is 39.6 Å². The molecule has 3 N–H and O–H groups in total. The van der Waals surface area contributed by atoms with Crippen LogP contribution in [0.3, 0.4) is 0 Å². The summed E-state index contributed by atoms with van der Waals surface area (Å²) < 4.78 is 17.5. The van der Waals surface area contributed by atoms with E-state index in [1.165, 1.54) is 6.07 Å². The van der Waals surface area contributed by atoms with Gasteiger partial charge in [0.1, 0.15) is 34.3 Å². The van der Waals surface area contributed by atoms with Crippen molar-refractivity contribution in [3.8, 4) is 11.3 Å². The predicted molar refractivity (Wildman–Crippen MR) is 135 cm³/mol. The fourth-order valence-corrected chi connectivity index (χ4v) is 5.78. The number of nitrogens with two attached hydrogens (primary N) is 1. The Balaban J connectivity index is 1.42. The number of carbonyl (C=O) groups excluding carboxylic acids is 1. The van der Waals surface area contributed by atoms with Gasteiger partial charge in [0, 0.05) is 42.9 Å². The Bertz CT molecular complexity index is 1470. The van der Waals surface area contributed by atoms with Crippen LogP contribution in [0.5, 0.6) is 0 Å². The molecule has 0 radical (unpaired) electrons. The van der Waals surface area contributed by atoms with Gasteiger partial charge >= 0.3 is 0 Å². The van der Waals surface area contributed by atoms with E-state index >= 15 is 4.39 Å². The van der Waals surface area contributed by atoms with Crippen molar-refractivity contribution in [3.05, 3.63) is 83.7 Å². The summed E-state index contributed by atoms with van der Waals surface area (Å²) in [6.07, 6.45) is 6.75. The van der Waals surface area contributed by atoms with E-state index in [2.05, 4.69) is 4.98 Å². The van der Waals surface area contributed by atoms with Gasteiger partial charge in [0.25, 0.3) is 0 Å². The van der Waals surface area contributed by atoms with E-state index in [0.717, 1.165) is 25.1 Å². The average Bonchev–Trinajstić information content (AvgIpc) is 3.46. The van der Waals surface area contributed by atoms with Gasteiger partial charge in [-0.2, -0.15) is 0 Å². The maximum atomic E-state index is 15.6. The number of hydrogen-bond donors (Lipinski definition) is 2. The summed E-state index contributed by atoms with van der Waals surface area (Å²) in [6, 6.07) is 14.2. The van der Waals surface area contributed by atoms with Crippen LogP contribution in [0.4, 0.5) is 10.2 Å². The molecular formula is C28H28FN5O2. The molecule has 2 aliphatic rings. The third-order valence-electron chi connectivity index (χ3n) is 7.82. The minimum atomic E-state index is -1.36. The summed E-state index contributed by atoms with van der Waals surface area (Å²) in [5.41, 5.74) is 7.27. The minimum absolute atomic E-state index is 0.0208. The molecule has 0 saturated carbocycles. The molecule has 0 aliphatic carbocycles. The maximum absolute atomic E-state index is 15.6. The molecule has 36 heavy (non-hydrogen) atoms. The van der Waals surface area contributed by atoms with Crippen molar-refractivity contribution in [2.24, 2.45) is 0 Å². The lowest BCUT2D eigenvalue weighted by molar-refractivity contribution is -0.130. The summed E-state index contributed by atoms with van der Waals surface area (Å²) in [5, 5.41) is 11.2. The molecule has 7 nitrogen and oxygen atoms in total. The number of imidazole rings is 1. The highest BCUT2D eigenvalue weighted by Crippen LogP contribution is 2.39. The van der Waals surface area contributed by atoms with Crippen LogP contribution in [-0.4, -0.2) is 42.9 Å². The molecule has 0 spiro atoms. The van der Waals surface area contributed by atoms with Gasteiger partial charge in [-0.3, -0.25) is 9.20 Å². The van der Waals surface area contributed by atoms with Gasteiger partial charge in [0.2, 0.25) is 5.91 Å². The summed E-state index contributed by atoms with van der Waals surface area (Å²) in [7, 11) is 0. The third-order valence-corrected chi connectivity index (χ3v) is 7.82. The van der Waals surface area contributed by atoms with E-state index in [0.29, 0.717) is 41.3 Å². The van der Waals surface area contributed by atoms with E-state index in [9.17, 15) is 9.90 Å². The first-order valence-electron chi connectivity index (χ1n) is 12.3. The summed E-state index contributed by atoms with van der Waals surface area (Å²) >= 11 is 0. The van der Waals surface area contributed by atoms with Crippen molar-refractivity contribution in [2.75, 3.05) is 12.3 Å². The van der Waals surface area contributed by atoms with Gasteiger partial charge in [0.05, 0.1) is 0 Å². The number of aromatic nitrogens is 3. The SMILES string of the molecule is CC(O)(c1ccccc1)c1ccc(-c2nc([C@@H]3CC[C@H]4CCC(=O)N4C3)n3ccnc(N)c23)c(F)c1. The van der Waals surface area contributed by atoms with Crippen LogP contribution in [0.15, 0.2) is 60.9 Å². The second kappa shape index (κ2) is 8.41. The van der Waals surface area contributed by atoms with Crippen molar-refractivity contribution >= 4 is 17.2 Å². The lowest BCUT2D eigenvalue weighted by atomic mass is 9.87. The van der Waals surface area contributed by atoms with Gasteiger partial charge in [-0.15, -0.1) is 0 Å². The van der Waals surface area contributed by atoms with E-state index < -0.39 is 11.4 Å². The molecule has 2 saturated heterocycles. The summed E-state index contributed by atoms with van der Waals surface area (Å²) in [6.45, 7) is 2.25. The molecule has 1 unspecified atom stereocenters. The fraction of sp³-hybridized carbons (Fsp3) is 0.321. The average molecular weight is 486 g/mol. The highest BCUT2D eigenvalue weighted by atomic mass is 19.1. The Labute approximate surface area is 208 Å². The fourth-order valence-electron chi connectivity index (χ4n) is 5.78. The normalized spacial score (nSPS) is 21.5. The molecule has 2 aromatic carbocycles. The number of rotatable bonds is 4. The molecule has 0 bridgehead atoms. The molecule has 3 atom stereocenters. The van der Waals surface area contributed by atoms with E-state index in [1.54, 1.807) is 31.5 Å². The smallest absolute Gasteiger partial charge is 0.222 e. The van der Waals surface area contributed by atoms with Crippen LogP contribution in [0.25, 0.3) is 16.8 Å². The van der Waals surface area contributed by atoms with Gasteiger partial charge < -0.3 is 15.7 Å². The zero-order valence-corrected chi connectivity index (χ0v) is 20.1. The largest absolute Gasteiger partial charge is 0.382 e. The number of benzene rings is 2. The second-order valence-corrected chi connectivity index (χ2v) is 10.00. The molecule has 2 fully saturated rings. The topological polar surface area (TPSA) is 96.8 Å². The van der Waals surface area contributed by atoms with Crippen LogP contribution in [-0.2, 0) is 10.4 Å². The molecule has 6 rings (SSSR count). The minimum Gasteiger partial charge on any atom is -0.382 e. The zero-order chi connectivity index (χ0) is 25.0. The van der Waals surface area contributed by atoms with Crippen LogP contribution < -0.4 is 5.73 Å². The Kier molecular flexibility index (Phi) is 5.30. The van der Waals surface area contributed by atoms with Crippen molar-refractivity contribution in [1.82, 2.24) is 19.3 Å². The number of hydrogen-bond acceptors (Lipinski definition) is 5. The third kappa shape index (κ3) is 3.55. The van der Waals surface area contributed by atoms with Crippen molar-refractivity contribution in [3.63, 3.8) is 0 Å². The Hall–Kier alpha value is -3.78. The Morgan fingerprint density at radius 2 is 1.92 bits per heavy atom. The first kappa shape index (κ1) is 22.7. The predicted octanol–water partition coefficient (Wildman–Crippen LogP) is 4.24. The van der Waals surface area contributed by atoms with Crippen LogP contribution in [0.2, 0.25) is 0 Å². The van der Waals surface area contributed by atoms with Gasteiger partial charge in [-0.1, -0.05) is 36.4 Å². The number of amides is 1. The highest BCUT2D eigenvalue weighted by molar-refractivity contribution is 5.86. The quantitative estimate of drug-likeness (QED) is 0.451. The van der Waals surface area contributed by atoms with Crippen molar-refractivity contribution in [2.45, 2.75) is 50.2 Å². The van der Waals surface area contributed by atoms with E-state index in [4.69, 9.17) is 10.7 Å². The number of nitrogen functional groups attached to an aromatic ring is 1. The molecule has 2 aliphatic heterocycles. The monoisotopic (exact) mass is 485 g/mol. The Morgan fingerprint density at radius 3 is 2.69 bits per heavy atom. The molecule has 184 valence electrons. The van der Waals surface area contributed by atoms with Crippen LogP contribution >= 0.6 is 0 Å². The molecule has 8 heteroatoms. The first-order valence-corrected chi connectivity index (χ1v) is 12.3. The highest BCUT2D eigenvalue weighted by Gasteiger charge is 2.38. The Morgan fingerprint density at radius 1 is 1.11 bits per heavy atom. The number of aliphatic hydroxyl groups is 1. The number of halogens is 1. The van der Waals surface area contributed by atoms with Crippen LogP contribution in [0, 0.1) is 5.82 Å². The summed E-state index contributed by atoms with van der Waals surface area (Å²) in [5.74, 6) is 0.729. The number of piperidine rings is 1. The second-order valence-electron chi connectivity index (χ2n) is 10.00. The lowest BCUT2D eigenvalue weighted by Gasteiger charge is -2.34. The maximum Gasteiger partial charge on any atom is 0.222 e. The number of nitrogens with zero attached hydrogens (tertiary/aromatic N) is 4. The molecule has 1 amide bonds. The molecule has 2 aromatic heterocycles. The summed E-state index contributed by atoms with van der Waals surface area (Å²) in [4.78, 5) is 23.5. The molecular weight excluding hydrogens is 457 g/mol. The van der Waals surface area contributed by atoms with E-state index in [-0.39, 0.29) is 23.2 Å². The number of fused-ring (bicyclic) bond motifs is 2. The zero-order valence-electron chi connectivity index (χ0n) is 20.1. The lowest BCUT2D eigenvalue weighted by Crippen LogP contribution is -2.41. The molecule has 4 aromatic rings. The first-order chi connectivity index (χ1) is 17.3. The molecule has 4 heterocycles.